The lowest BCUT2D eigenvalue weighted by molar-refractivity contribution is 0.101. The van der Waals surface area contributed by atoms with E-state index in [0.29, 0.717) is 12.2 Å². The second-order valence-corrected chi connectivity index (χ2v) is 6.37. The van der Waals surface area contributed by atoms with Gasteiger partial charge in [0.05, 0.1) is 12.2 Å². The van der Waals surface area contributed by atoms with Gasteiger partial charge in [-0.05, 0) is 36.1 Å². The van der Waals surface area contributed by atoms with Gasteiger partial charge in [-0.1, -0.05) is 24.4 Å². The SMILES string of the molecule is CCOc1c(C(=O)Nc2nnnn2C)nn(C)c(=O)c1C1CCCCC1. The fourth-order valence-electron chi connectivity index (χ4n) is 3.33. The minimum Gasteiger partial charge on any atom is -0.491 e. The molecule has 0 aliphatic heterocycles. The average Bonchev–Trinajstić information content (AvgIpc) is 3.03. The molecular formula is C16H23N7O3. The lowest BCUT2D eigenvalue weighted by atomic mass is 9.84. The molecule has 26 heavy (non-hydrogen) atoms. The Morgan fingerprint density at radius 1 is 1.23 bits per heavy atom. The maximum absolute atomic E-state index is 12.8. The summed E-state index contributed by atoms with van der Waals surface area (Å²) in [5.74, 6) is 0.0245. The summed E-state index contributed by atoms with van der Waals surface area (Å²) in [5.41, 5.74) is 0.403. The van der Waals surface area contributed by atoms with Crippen molar-refractivity contribution in [3.8, 4) is 5.75 Å². The molecule has 1 amide bonds. The van der Waals surface area contributed by atoms with Gasteiger partial charge in [-0.2, -0.15) is 5.10 Å². The second-order valence-electron chi connectivity index (χ2n) is 6.37. The van der Waals surface area contributed by atoms with E-state index in [1.54, 1.807) is 14.1 Å². The molecular weight excluding hydrogens is 338 g/mol. The molecule has 2 aromatic rings. The van der Waals surface area contributed by atoms with Crippen molar-refractivity contribution in [2.24, 2.45) is 14.1 Å². The molecule has 2 aromatic heterocycles. The summed E-state index contributed by atoms with van der Waals surface area (Å²) in [4.78, 5) is 25.5. The summed E-state index contributed by atoms with van der Waals surface area (Å²) in [6.45, 7) is 2.15. The number of nitrogens with one attached hydrogen (secondary N) is 1. The number of carbonyl (C=O) groups excluding carboxylic acids is 1. The zero-order valence-corrected chi connectivity index (χ0v) is 15.2. The van der Waals surface area contributed by atoms with Crippen LogP contribution in [-0.4, -0.2) is 42.5 Å². The highest BCUT2D eigenvalue weighted by molar-refractivity contribution is 6.04. The normalized spacial score (nSPS) is 15.0. The van der Waals surface area contributed by atoms with Gasteiger partial charge < -0.3 is 4.74 Å². The third-order valence-electron chi connectivity index (χ3n) is 4.60. The number of tetrazole rings is 1. The van der Waals surface area contributed by atoms with Crippen molar-refractivity contribution in [3.05, 3.63) is 21.6 Å². The van der Waals surface area contributed by atoms with Gasteiger partial charge in [-0.15, -0.1) is 0 Å². The smallest absolute Gasteiger partial charge is 0.282 e. The first-order valence-electron chi connectivity index (χ1n) is 8.80. The zero-order valence-electron chi connectivity index (χ0n) is 15.2. The number of carbonyl (C=O) groups is 1. The Balaban J connectivity index is 2.06. The molecule has 3 rings (SSSR count). The third kappa shape index (κ3) is 3.44. The van der Waals surface area contributed by atoms with E-state index < -0.39 is 5.91 Å². The number of aromatic nitrogens is 6. The van der Waals surface area contributed by atoms with Crippen LogP contribution >= 0.6 is 0 Å². The van der Waals surface area contributed by atoms with Gasteiger partial charge in [0.25, 0.3) is 11.5 Å². The number of ether oxygens (including phenoxy) is 1. The molecule has 0 saturated heterocycles. The molecule has 2 heterocycles. The fourth-order valence-corrected chi connectivity index (χ4v) is 3.33. The summed E-state index contributed by atoms with van der Waals surface area (Å²) in [6, 6.07) is 0. The Morgan fingerprint density at radius 2 is 1.96 bits per heavy atom. The number of rotatable bonds is 5. The molecule has 0 spiro atoms. The van der Waals surface area contributed by atoms with Crippen molar-refractivity contribution in [2.75, 3.05) is 11.9 Å². The number of anilines is 1. The highest BCUT2D eigenvalue weighted by Gasteiger charge is 2.29. The largest absolute Gasteiger partial charge is 0.491 e. The van der Waals surface area contributed by atoms with Crippen molar-refractivity contribution in [2.45, 2.75) is 44.9 Å². The molecule has 0 atom stereocenters. The van der Waals surface area contributed by atoms with Crippen molar-refractivity contribution in [3.63, 3.8) is 0 Å². The van der Waals surface area contributed by atoms with Crippen molar-refractivity contribution >= 4 is 11.9 Å². The second kappa shape index (κ2) is 7.63. The van der Waals surface area contributed by atoms with Crippen LogP contribution in [0.3, 0.4) is 0 Å². The molecule has 140 valence electrons. The molecule has 0 radical (unpaired) electrons. The Hall–Kier alpha value is -2.78. The van der Waals surface area contributed by atoms with Gasteiger partial charge in [0.1, 0.15) is 0 Å². The first kappa shape index (κ1) is 18.0. The monoisotopic (exact) mass is 361 g/mol. The molecule has 0 bridgehead atoms. The quantitative estimate of drug-likeness (QED) is 0.844. The van der Waals surface area contributed by atoms with E-state index in [-0.39, 0.29) is 28.9 Å². The summed E-state index contributed by atoms with van der Waals surface area (Å²) < 4.78 is 8.27. The van der Waals surface area contributed by atoms with E-state index in [1.807, 2.05) is 6.92 Å². The molecule has 1 aliphatic rings. The third-order valence-corrected chi connectivity index (χ3v) is 4.60. The molecule has 10 nitrogen and oxygen atoms in total. The number of nitrogens with zero attached hydrogens (tertiary/aromatic N) is 6. The van der Waals surface area contributed by atoms with E-state index >= 15 is 0 Å². The molecule has 1 saturated carbocycles. The first-order chi connectivity index (χ1) is 12.5. The maximum atomic E-state index is 12.8. The van der Waals surface area contributed by atoms with E-state index in [0.717, 1.165) is 25.7 Å². The number of hydrogen-bond acceptors (Lipinski definition) is 7. The Bertz CT molecular complexity index is 852. The van der Waals surface area contributed by atoms with Gasteiger partial charge in [0, 0.05) is 14.1 Å². The van der Waals surface area contributed by atoms with Crippen LogP contribution < -0.4 is 15.6 Å². The number of amides is 1. The van der Waals surface area contributed by atoms with Crippen LogP contribution in [0.2, 0.25) is 0 Å². The van der Waals surface area contributed by atoms with Crippen LogP contribution in [0.1, 0.15) is 61.0 Å². The zero-order chi connectivity index (χ0) is 18.7. The minimum absolute atomic E-state index is 0.0672. The van der Waals surface area contributed by atoms with Gasteiger partial charge >= 0.3 is 0 Å². The number of aryl methyl sites for hydroxylation is 2. The van der Waals surface area contributed by atoms with Crippen LogP contribution in [0.15, 0.2) is 4.79 Å². The predicted molar refractivity (Wildman–Crippen MR) is 93.2 cm³/mol. The van der Waals surface area contributed by atoms with Crippen molar-refractivity contribution < 1.29 is 9.53 Å². The summed E-state index contributed by atoms with van der Waals surface area (Å²) >= 11 is 0. The van der Waals surface area contributed by atoms with Crippen LogP contribution in [-0.2, 0) is 14.1 Å². The minimum atomic E-state index is -0.515. The maximum Gasteiger partial charge on any atom is 0.282 e. The standard InChI is InChI=1S/C16H23N7O3/c1-4-26-13-11(10-8-6-5-7-9-10)15(25)22(2)19-12(13)14(24)17-16-18-20-21-23(16)3/h10H,4-9H2,1-3H3,(H,17,18,21,24). The lowest BCUT2D eigenvalue weighted by Gasteiger charge is -2.24. The summed E-state index contributed by atoms with van der Waals surface area (Å²) in [5, 5.41) is 17.7. The molecule has 0 aromatic carbocycles. The Kier molecular flexibility index (Phi) is 5.29. The summed E-state index contributed by atoms with van der Waals surface area (Å²) in [7, 11) is 3.16. The van der Waals surface area contributed by atoms with Crippen LogP contribution in [0.4, 0.5) is 5.95 Å². The topological polar surface area (TPSA) is 117 Å². The van der Waals surface area contributed by atoms with Crippen LogP contribution in [0, 0.1) is 0 Å². The molecule has 1 fully saturated rings. The highest BCUT2D eigenvalue weighted by atomic mass is 16.5. The molecule has 1 N–H and O–H groups in total. The van der Waals surface area contributed by atoms with E-state index in [4.69, 9.17) is 4.74 Å². The van der Waals surface area contributed by atoms with E-state index in [1.165, 1.54) is 15.8 Å². The van der Waals surface area contributed by atoms with Crippen molar-refractivity contribution in [1.82, 2.24) is 30.0 Å². The van der Waals surface area contributed by atoms with Crippen LogP contribution in [0.5, 0.6) is 5.75 Å². The lowest BCUT2D eigenvalue weighted by Crippen LogP contribution is -2.31. The average molecular weight is 361 g/mol. The van der Waals surface area contributed by atoms with Crippen LogP contribution in [0.25, 0.3) is 0 Å². The number of hydrogen-bond donors (Lipinski definition) is 1. The van der Waals surface area contributed by atoms with Gasteiger partial charge in [-0.25, -0.2) is 9.36 Å². The van der Waals surface area contributed by atoms with E-state index in [9.17, 15) is 9.59 Å². The van der Waals surface area contributed by atoms with Crippen molar-refractivity contribution in [1.29, 1.82) is 0 Å². The predicted octanol–water partition coefficient (Wildman–Crippen LogP) is 1.00. The van der Waals surface area contributed by atoms with Gasteiger partial charge in [0.15, 0.2) is 11.4 Å². The van der Waals surface area contributed by atoms with Gasteiger partial charge in [0.2, 0.25) is 5.95 Å². The van der Waals surface area contributed by atoms with Gasteiger partial charge in [-0.3, -0.25) is 14.9 Å². The Morgan fingerprint density at radius 3 is 2.58 bits per heavy atom. The summed E-state index contributed by atoms with van der Waals surface area (Å²) in [6.07, 6.45) is 5.11. The highest BCUT2D eigenvalue weighted by Crippen LogP contribution is 2.36. The Labute approximate surface area is 150 Å². The molecule has 1 aliphatic carbocycles. The molecule has 0 unspecified atom stereocenters. The van der Waals surface area contributed by atoms with E-state index in [2.05, 4.69) is 25.9 Å². The fraction of sp³-hybridized carbons (Fsp3) is 0.625. The molecule has 10 heteroatoms. The first-order valence-corrected chi connectivity index (χ1v) is 8.80.